The lowest BCUT2D eigenvalue weighted by Gasteiger charge is -2.04. The number of aromatic amines is 1. The number of nitrogens with one attached hydrogen (secondary N) is 2. The van der Waals surface area contributed by atoms with Crippen LogP contribution in [-0.2, 0) is 0 Å². The van der Waals surface area contributed by atoms with Gasteiger partial charge in [-0.05, 0) is 18.6 Å². The Balaban J connectivity index is 1.80. The zero-order chi connectivity index (χ0) is 18.6. The van der Waals surface area contributed by atoms with Gasteiger partial charge < -0.3 is 10.3 Å². The summed E-state index contributed by atoms with van der Waals surface area (Å²) in [5, 5.41) is 17.0. The average molecular weight is 355 g/mol. The van der Waals surface area contributed by atoms with E-state index in [0.717, 1.165) is 46.0 Å². The molecule has 5 nitrogen and oxygen atoms in total. The van der Waals surface area contributed by atoms with Gasteiger partial charge in [-0.1, -0.05) is 56.2 Å². The second kappa shape index (κ2) is 7.46. The molecule has 5 heteroatoms. The molecule has 0 spiro atoms. The van der Waals surface area contributed by atoms with Crippen molar-refractivity contribution in [3.63, 3.8) is 0 Å². The molecular weight excluding hydrogens is 334 g/mol. The van der Waals surface area contributed by atoms with E-state index < -0.39 is 0 Å². The van der Waals surface area contributed by atoms with Crippen molar-refractivity contribution in [1.82, 2.24) is 4.98 Å². The number of fused-ring (bicyclic) bond motifs is 2. The van der Waals surface area contributed by atoms with Crippen LogP contribution in [0.15, 0.2) is 64.3 Å². The number of benzene rings is 2. The van der Waals surface area contributed by atoms with Crippen LogP contribution in [0.4, 0.5) is 5.82 Å². The summed E-state index contributed by atoms with van der Waals surface area (Å²) in [6.07, 6.45) is 3.50. The minimum absolute atomic E-state index is 0.461. The number of anilines is 1. The molecule has 1 aromatic heterocycles. The number of unbranched alkanes of at least 4 members (excludes halogenated alkanes) is 2. The van der Waals surface area contributed by atoms with Gasteiger partial charge in [0.2, 0.25) is 0 Å². The van der Waals surface area contributed by atoms with Crippen molar-refractivity contribution < 1.29 is 0 Å². The van der Waals surface area contributed by atoms with E-state index in [9.17, 15) is 5.26 Å². The zero-order valence-corrected chi connectivity index (χ0v) is 15.3. The van der Waals surface area contributed by atoms with Gasteiger partial charge in [-0.25, -0.2) is 9.98 Å². The van der Waals surface area contributed by atoms with Crippen molar-refractivity contribution in [1.29, 1.82) is 5.26 Å². The minimum Gasteiger partial charge on any atom is -0.371 e. The van der Waals surface area contributed by atoms with Gasteiger partial charge in [0.15, 0.2) is 5.82 Å². The monoisotopic (exact) mass is 355 g/mol. The maximum Gasteiger partial charge on any atom is 0.173 e. The van der Waals surface area contributed by atoms with E-state index in [4.69, 9.17) is 0 Å². The minimum atomic E-state index is 0.461. The maximum atomic E-state index is 9.87. The molecule has 0 bridgehead atoms. The van der Waals surface area contributed by atoms with Crippen molar-refractivity contribution in [3.05, 3.63) is 70.8 Å². The molecule has 134 valence electrons. The van der Waals surface area contributed by atoms with Crippen LogP contribution >= 0.6 is 0 Å². The first kappa shape index (κ1) is 17.0. The molecule has 0 unspecified atom stereocenters. The Morgan fingerprint density at radius 3 is 2.33 bits per heavy atom. The Kier molecular flexibility index (Phi) is 4.71. The Morgan fingerprint density at radius 2 is 1.67 bits per heavy atom. The van der Waals surface area contributed by atoms with Crippen LogP contribution in [0.5, 0.6) is 0 Å². The summed E-state index contributed by atoms with van der Waals surface area (Å²) in [6.45, 7) is 3.09. The highest BCUT2D eigenvalue weighted by molar-refractivity contribution is 6.03. The first-order valence-corrected chi connectivity index (χ1v) is 9.33. The van der Waals surface area contributed by atoms with Gasteiger partial charge in [-0.15, -0.1) is 0 Å². The Labute approximate surface area is 157 Å². The molecule has 0 saturated heterocycles. The van der Waals surface area contributed by atoms with E-state index in [-0.39, 0.29) is 0 Å². The third-order valence-electron chi connectivity index (χ3n) is 4.72. The predicted molar refractivity (Wildman–Crippen MR) is 108 cm³/mol. The van der Waals surface area contributed by atoms with Crippen LogP contribution in [-0.4, -0.2) is 11.5 Å². The highest BCUT2D eigenvalue weighted by Gasteiger charge is 2.18. The summed E-state index contributed by atoms with van der Waals surface area (Å²) in [5.74, 6) is 1.41. The molecule has 0 fully saturated rings. The van der Waals surface area contributed by atoms with E-state index in [1.165, 1.54) is 12.8 Å². The number of H-pyrrole nitrogens is 1. The number of para-hydroxylation sites is 2. The number of nitriles is 1. The lowest BCUT2D eigenvalue weighted by molar-refractivity contribution is 0.743. The zero-order valence-electron chi connectivity index (χ0n) is 15.3. The molecule has 0 atom stereocenters. The molecule has 2 aromatic carbocycles. The van der Waals surface area contributed by atoms with E-state index in [0.29, 0.717) is 11.4 Å². The first-order chi connectivity index (χ1) is 13.3. The molecule has 0 aliphatic carbocycles. The fourth-order valence-corrected chi connectivity index (χ4v) is 3.34. The maximum absolute atomic E-state index is 9.87. The van der Waals surface area contributed by atoms with E-state index in [1.54, 1.807) is 0 Å². The van der Waals surface area contributed by atoms with E-state index >= 15 is 0 Å². The smallest absolute Gasteiger partial charge is 0.173 e. The van der Waals surface area contributed by atoms with Gasteiger partial charge in [0.05, 0.1) is 16.4 Å². The molecule has 0 saturated carbocycles. The highest BCUT2D eigenvalue weighted by Crippen LogP contribution is 2.32. The van der Waals surface area contributed by atoms with Crippen LogP contribution < -0.4 is 16.0 Å². The molecule has 2 N–H and O–H groups in total. The molecule has 1 aliphatic heterocycles. The van der Waals surface area contributed by atoms with Crippen molar-refractivity contribution in [2.45, 2.75) is 26.2 Å². The quantitative estimate of drug-likeness (QED) is 0.519. The standard InChI is InChI=1S/C22H21N5/c1-2-3-8-13-24-21-16-10-5-4-9-15(16)20(27-21)17(14-23)22-25-18-11-6-7-12-19(18)26-22/h4-7,9-12,24,27H,2-3,8,13H2,1H3. The van der Waals surface area contributed by atoms with Crippen molar-refractivity contribution >= 4 is 22.2 Å². The van der Waals surface area contributed by atoms with Crippen LogP contribution in [0.25, 0.3) is 16.3 Å². The Hall–Kier alpha value is -3.39. The van der Waals surface area contributed by atoms with Gasteiger partial charge in [0, 0.05) is 17.3 Å². The molecule has 1 aliphatic rings. The predicted octanol–water partition coefficient (Wildman–Crippen LogP) is 3.92. The summed E-state index contributed by atoms with van der Waals surface area (Å²) in [6, 6.07) is 18.1. The molecule has 0 amide bonds. The molecule has 0 radical (unpaired) electrons. The van der Waals surface area contributed by atoms with Crippen molar-refractivity contribution in [3.8, 4) is 6.07 Å². The number of aromatic nitrogens is 1. The van der Waals surface area contributed by atoms with Crippen LogP contribution in [0, 0.1) is 11.3 Å². The second-order valence-corrected chi connectivity index (χ2v) is 6.58. The first-order valence-electron chi connectivity index (χ1n) is 9.33. The summed E-state index contributed by atoms with van der Waals surface area (Å²) in [5.41, 5.74) is 1.23. The number of rotatable bonds is 6. The third-order valence-corrected chi connectivity index (χ3v) is 4.72. The number of allylic oxidation sites excluding steroid dienone is 1. The Bertz CT molecular complexity index is 1140. The third kappa shape index (κ3) is 3.22. The summed E-state index contributed by atoms with van der Waals surface area (Å²) < 4.78 is 0. The second-order valence-electron chi connectivity index (χ2n) is 6.58. The normalized spacial score (nSPS) is 12.2. The largest absolute Gasteiger partial charge is 0.371 e. The van der Waals surface area contributed by atoms with Crippen molar-refractivity contribution in [2.75, 3.05) is 11.9 Å². The topological polar surface area (TPSA) is 76.3 Å². The van der Waals surface area contributed by atoms with Crippen LogP contribution in [0.2, 0.25) is 0 Å². The summed E-state index contributed by atoms with van der Waals surface area (Å²) in [4.78, 5) is 12.5. The molecular formula is C22H21N5. The van der Waals surface area contributed by atoms with Gasteiger partial charge >= 0.3 is 0 Å². The summed E-state index contributed by atoms with van der Waals surface area (Å²) in [7, 11) is 0. The number of nitrogens with zero attached hydrogens (tertiary/aromatic N) is 3. The van der Waals surface area contributed by atoms with Crippen LogP contribution in [0.1, 0.15) is 31.9 Å². The summed E-state index contributed by atoms with van der Waals surface area (Å²) >= 11 is 0. The lowest BCUT2D eigenvalue weighted by atomic mass is 10.1. The van der Waals surface area contributed by atoms with E-state index in [1.807, 2.05) is 42.5 Å². The lowest BCUT2D eigenvalue weighted by Crippen LogP contribution is -2.19. The SMILES string of the molecule is CCCCCNc1[nH]c(C(C#N)=C2N=c3ccccc3=N2)c2ccccc12. The van der Waals surface area contributed by atoms with Gasteiger partial charge in [0.25, 0.3) is 0 Å². The highest BCUT2D eigenvalue weighted by atomic mass is 15.0. The number of hydrogen-bond donors (Lipinski definition) is 2. The molecule has 4 rings (SSSR count). The fraction of sp³-hybridized carbons (Fsp3) is 0.227. The molecule has 27 heavy (non-hydrogen) atoms. The van der Waals surface area contributed by atoms with Crippen LogP contribution in [0.3, 0.4) is 0 Å². The molecule has 2 heterocycles. The molecule has 3 aromatic rings. The number of hydrogen-bond acceptors (Lipinski definition) is 4. The van der Waals surface area contributed by atoms with Gasteiger partial charge in [0.1, 0.15) is 17.5 Å². The Morgan fingerprint density at radius 1 is 1.00 bits per heavy atom. The average Bonchev–Trinajstić information content (AvgIpc) is 3.28. The fourth-order valence-electron chi connectivity index (χ4n) is 3.34. The van der Waals surface area contributed by atoms with E-state index in [2.05, 4.69) is 39.3 Å². The van der Waals surface area contributed by atoms with Gasteiger partial charge in [-0.2, -0.15) is 5.26 Å². The van der Waals surface area contributed by atoms with Gasteiger partial charge in [-0.3, -0.25) is 0 Å². The van der Waals surface area contributed by atoms with Crippen molar-refractivity contribution in [2.24, 2.45) is 9.98 Å².